The molecule has 0 atom stereocenters. The van der Waals surface area contributed by atoms with Crippen molar-refractivity contribution in [3.8, 4) is 0 Å². The number of nitrogens with zero attached hydrogens (tertiary/aromatic N) is 2. The molecule has 6 nitrogen and oxygen atoms in total. The number of benzene rings is 2. The standard InChI is InChI=1S/C24H29N3O3S/c1-19-6-8-20(9-7-19)18-25-24(28)5-4-13-26-16-12-21-17-22(10-11-23(21)26)31(29,30)27-14-2-3-15-27/h6-12,16-17H,2-5,13-15,18H2,1H3,(H,25,28). The average molecular weight is 440 g/mol. The molecule has 1 aromatic heterocycles. The summed E-state index contributed by atoms with van der Waals surface area (Å²) in [7, 11) is -3.41. The SMILES string of the molecule is Cc1ccc(CNC(=O)CCCn2ccc3cc(S(=O)(=O)N4CCCC4)ccc32)cc1. The molecule has 0 radical (unpaired) electrons. The highest BCUT2D eigenvalue weighted by atomic mass is 32.2. The molecule has 1 N–H and O–H groups in total. The second kappa shape index (κ2) is 9.24. The molecule has 1 aliphatic rings. The predicted octanol–water partition coefficient (Wildman–Crippen LogP) is 3.83. The minimum absolute atomic E-state index is 0.0380. The first kappa shape index (κ1) is 21.6. The number of rotatable bonds is 8. The van der Waals surface area contributed by atoms with E-state index in [0.717, 1.165) is 35.7 Å². The zero-order valence-electron chi connectivity index (χ0n) is 17.9. The lowest BCUT2D eigenvalue weighted by molar-refractivity contribution is -0.121. The molecule has 0 spiro atoms. The monoisotopic (exact) mass is 439 g/mol. The van der Waals surface area contributed by atoms with Gasteiger partial charge in [0.1, 0.15) is 0 Å². The number of carbonyl (C=O) groups is 1. The van der Waals surface area contributed by atoms with Crippen molar-refractivity contribution in [2.24, 2.45) is 0 Å². The van der Waals surface area contributed by atoms with Crippen LogP contribution in [-0.2, 0) is 27.9 Å². The lowest BCUT2D eigenvalue weighted by Gasteiger charge is -2.15. The molecule has 1 saturated heterocycles. The number of aromatic nitrogens is 1. The summed E-state index contributed by atoms with van der Waals surface area (Å²) in [4.78, 5) is 12.5. The van der Waals surface area contributed by atoms with Crippen LogP contribution in [0.4, 0.5) is 0 Å². The zero-order chi connectivity index (χ0) is 21.8. The van der Waals surface area contributed by atoms with Gasteiger partial charge < -0.3 is 9.88 Å². The van der Waals surface area contributed by atoms with E-state index in [1.54, 1.807) is 16.4 Å². The minimum atomic E-state index is -3.41. The molecule has 0 aliphatic carbocycles. The van der Waals surface area contributed by atoms with Gasteiger partial charge in [-0.15, -0.1) is 0 Å². The third-order valence-corrected chi connectivity index (χ3v) is 7.75. The second-order valence-corrected chi connectivity index (χ2v) is 10.1. The fraction of sp³-hybridized carbons (Fsp3) is 0.375. The largest absolute Gasteiger partial charge is 0.352 e. The lowest BCUT2D eigenvalue weighted by atomic mass is 10.1. The first-order valence-corrected chi connectivity index (χ1v) is 12.3. The van der Waals surface area contributed by atoms with E-state index in [2.05, 4.69) is 9.88 Å². The molecule has 4 rings (SSSR count). The number of hydrogen-bond acceptors (Lipinski definition) is 3. The third kappa shape index (κ3) is 4.99. The van der Waals surface area contributed by atoms with Crippen molar-refractivity contribution < 1.29 is 13.2 Å². The summed E-state index contributed by atoms with van der Waals surface area (Å²) in [5.74, 6) is 0.0380. The van der Waals surface area contributed by atoms with Gasteiger partial charge in [0.05, 0.1) is 4.90 Å². The van der Waals surface area contributed by atoms with Gasteiger partial charge in [-0.1, -0.05) is 29.8 Å². The van der Waals surface area contributed by atoms with Gasteiger partial charge in [-0.05, 0) is 56.0 Å². The summed E-state index contributed by atoms with van der Waals surface area (Å²) >= 11 is 0. The van der Waals surface area contributed by atoms with Crippen LogP contribution in [0.1, 0.15) is 36.8 Å². The predicted molar refractivity (Wildman–Crippen MR) is 122 cm³/mol. The van der Waals surface area contributed by atoms with Crippen molar-refractivity contribution in [1.82, 2.24) is 14.2 Å². The van der Waals surface area contributed by atoms with E-state index in [4.69, 9.17) is 0 Å². The van der Waals surface area contributed by atoms with Crippen LogP contribution < -0.4 is 5.32 Å². The van der Waals surface area contributed by atoms with Crippen LogP contribution in [0.15, 0.2) is 59.6 Å². The van der Waals surface area contributed by atoms with E-state index in [1.165, 1.54) is 5.56 Å². The van der Waals surface area contributed by atoms with E-state index >= 15 is 0 Å². The summed E-state index contributed by atoms with van der Waals surface area (Å²) in [6.07, 6.45) is 4.98. The van der Waals surface area contributed by atoms with Crippen LogP contribution >= 0.6 is 0 Å². The first-order valence-electron chi connectivity index (χ1n) is 10.8. The Balaban J connectivity index is 1.32. The molecule has 7 heteroatoms. The van der Waals surface area contributed by atoms with Crippen molar-refractivity contribution in [1.29, 1.82) is 0 Å². The van der Waals surface area contributed by atoms with Crippen LogP contribution in [0.25, 0.3) is 10.9 Å². The van der Waals surface area contributed by atoms with E-state index in [9.17, 15) is 13.2 Å². The number of fused-ring (bicyclic) bond motifs is 1. The maximum absolute atomic E-state index is 12.8. The Morgan fingerprint density at radius 2 is 1.77 bits per heavy atom. The molecular weight excluding hydrogens is 410 g/mol. The molecule has 1 fully saturated rings. The van der Waals surface area contributed by atoms with Crippen LogP contribution in [0, 0.1) is 6.92 Å². The topological polar surface area (TPSA) is 71.4 Å². The summed E-state index contributed by atoms with van der Waals surface area (Å²) < 4.78 is 29.2. The van der Waals surface area contributed by atoms with Crippen LogP contribution in [0.5, 0.6) is 0 Å². The normalized spacial score (nSPS) is 14.9. The highest BCUT2D eigenvalue weighted by molar-refractivity contribution is 7.89. The molecule has 164 valence electrons. The van der Waals surface area contributed by atoms with Gasteiger partial charge in [0.15, 0.2) is 0 Å². The van der Waals surface area contributed by atoms with Crippen LogP contribution in [0.2, 0.25) is 0 Å². The molecule has 3 aromatic rings. The Hall–Kier alpha value is -2.64. The second-order valence-electron chi connectivity index (χ2n) is 8.21. The Bertz CT molecular complexity index is 1160. The van der Waals surface area contributed by atoms with Gasteiger partial charge in [-0.3, -0.25) is 4.79 Å². The quantitative estimate of drug-likeness (QED) is 0.580. The number of nitrogens with one attached hydrogen (secondary N) is 1. The van der Waals surface area contributed by atoms with Gasteiger partial charge in [0.25, 0.3) is 0 Å². The Morgan fingerprint density at radius 3 is 2.52 bits per heavy atom. The van der Waals surface area contributed by atoms with E-state index in [1.807, 2.05) is 49.5 Å². The number of sulfonamides is 1. The smallest absolute Gasteiger partial charge is 0.243 e. The van der Waals surface area contributed by atoms with Crippen molar-refractivity contribution in [3.63, 3.8) is 0 Å². The van der Waals surface area contributed by atoms with Crippen molar-refractivity contribution in [2.45, 2.75) is 50.6 Å². The van der Waals surface area contributed by atoms with Gasteiger partial charge in [-0.2, -0.15) is 4.31 Å². The molecule has 1 amide bonds. The molecule has 0 saturated carbocycles. The maximum Gasteiger partial charge on any atom is 0.243 e. The number of aryl methyl sites for hydroxylation is 2. The molecule has 0 bridgehead atoms. The zero-order valence-corrected chi connectivity index (χ0v) is 18.7. The van der Waals surface area contributed by atoms with E-state index in [0.29, 0.717) is 37.5 Å². The van der Waals surface area contributed by atoms with Gasteiger partial charge in [0, 0.05) is 49.7 Å². The number of hydrogen-bond donors (Lipinski definition) is 1. The summed E-state index contributed by atoms with van der Waals surface area (Å²) in [5, 5.41) is 3.87. The average Bonchev–Trinajstić information content (AvgIpc) is 3.44. The molecule has 2 aromatic carbocycles. The lowest BCUT2D eigenvalue weighted by Crippen LogP contribution is -2.27. The van der Waals surface area contributed by atoms with Crippen molar-refractivity contribution in [2.75, 3.05) is 13.1 Å². The minimum Gasteiger partial charge on any atom is -0.352 e. The van der Waals surface area contributed by atoms with Gasteiger partial charge in [-0.25, -0.2) is 8.42 Å². The van der Waals surface area contributed by atoms with Crippen molar-refractivity contribution >= 4 is 26.8 Å². The molecular formula is C24H29N3O3S. The fourth-order valence-electron chi connectivity index (χ4n) is 4.02. The summed E-state index contributed by atoms with van der Waals surface area (Å²) in [6, 6.07) is 15.4. The molecule has 0 unspecified atom stereocenters. The van der Waals surface area contributed by atoms with Crippen LogP contribution in [-0.4, -0.2) is 36.3 Å². The Kier molecular flexibility index (Phi) is 6.43. The Morgan fingerprint density at radius 1 is 1.03 bits per heavy atom. The summed E-state index contributed by atoms with van der Waals surface area (Å²) in [6.45, 7) is 4.50. The number of amides is 1. The first-order chi connectivity index (χ1) is 14.9. The third-order valence-electron chi connectivity index (χ3n) is 5.86. The van der Waals surface area contributed by atoms with E-state index in [-0.39, 0.29) is 5.91 Å². The van der Waals surface area contributed by atoms with Gasteiger partial charge in [0.2, 0.25) is 15.9 Å². The number of carbonyl (C=O) groups excluding carboxylic acids is 1. The van der Waals surface area contributed by atoms with Crippen molar-refractivity contribution in [3.05, 3.63) is 65.9 Å². The highest BCUT2D eigenvalue weighted by Crippen LogP contribution is 2.25. The summed E-state index contributed by atoms with van der Waals surface area (Å²) in [5.41, 5.74) is 3.28. The highest BCUT2D eigenvalue weighted by Gasteiger charge is 2.27. The van der Waals surface area contributed by atoms with Gasteiger partial charge >= 0.3 is 0 Å². The van der Waals surface area contributed by atoms with E-state index < -0.39 is 10.0 Å². The Labute approximate surface area is 183 Å². The molecule has 1 aliphatic heterocycles. The van der Waals surface area contributed by atoms with Crippen LogP contribution in [0.3, 0.4) is 0 Å². The maximum atomic E-state index is 12.8. The fourth-order valence-corrected chi connectivity index (χ4v) is 5.57. The molecule has 31 heavy (non-hydrogen) atoms. The molecule has 2 heterocycles.